The number of hydrogen-bond acceptors (Lipinski definition) is 3. The molecule has 0 spiro atoms. The van der Waals surface area contributed by atoms with Crippen molar-refractivity contribution >= 4 is 11.9 Å². The monoisotopic (exact) mass is 296 g/mol. The Hall–Kier alpha value is -1.10. The zero-order valence-electron chi connectivity index (χ0n) is 13.2. The minimum atomic E-state index is -0.804. The molecule has 2 rings (SSSR count). The fourth-order valence-corrected chi connectivity index (χ4v) is 3.68. The summed E-state index contributed by atoms with van der Waals surface area (Å²) in [6.07, 6.45) is 6.01. The van der Waals surface area contributed by atoms with Crippen molar-refractivity contribution in [3.05, 3.63) is 0 Å². The largest absolute Gasteiger partial charge is 0.480 e. The van der Waals surface area contributed by atoms with Gasteiger partial charge in [-0.1, -0.05) is 33.1 Å². The highest BCUT2D eigenvalue weighted by molar-refractivity contribution is 5.80. The van der Waals surface area contributed by atoms with Crippen LogP contribution in [0.5, 0.6) is 0 Å². The molecule has 1 heterocycles. The average molecular weight is 296 g/mol. The van der Waals surface area contributed by atoms with Crippen molar-refractivity contribution < 1.29 is 14.7 Å². The molecular weight excluding hydrogens is 268 g/mol. The fraction of sp³-hybridized carbons (Fsp3) is 0.875. The van der Waals surface area contributed by atoms with Gasteiger partial charge in [-0.05, 0) is 37.6 Å². The van der Waals surface area contributed by atoms with Crippen molar-refractivity contribution in [1.29, 1.82) is 0 Å². The van der Waals surface area contributed by atoms with Crippen molar-refractivity contribution in [2.45, 2.75) is 64.5 Å². The van der Waals surface area contributed by atoms with Crippen molar-refractivity contribution in [3.8, 4) is 0 Å². The summed E-state index contributed by atoms with van der Waals surface area (Å²) in [5, 5.41) is 12.4. The summed E-state index contributed by atoms with van der Waals surface area (Å²) in [5.41, 5.74) is 0. The van der Waals surface area contributed by atoms with E-state index in [2.05, 4.69) is 19.2 Å². The molecule has 120 valence electrons. The lowest BCUT2D eigenvalue weighted by atomic mass is 9.78. The Balaban J connectivity index is 1.87. The van der Waals surface area contributed by atoms with E-state index in [4.69, 9.17) is 0 Å². The Bertz CT molecular complexity index is 386. The van der Waals surface area contributed by atoms with E-state index in [1.807, 2.05) is 4.90 Å². The molecule has 0 radical (unpaired) electrons. The van der Waals surface area contributed by atoms with Crippen LogP contribution in [0, 0.1) is 11.8 Å². The summed E-state index contributed by atoms with van der Waals surface area (Å²) in [6.45, 7) is 5.37. The van der Waals surface area contributed by atoms with Gasteiger partial charge in [-0.15, -0.1) is 0 Å². The van der Waals surface area contributed by atoms with Crippen LogP contribution in [0.1, 0.15) is 52.4 Å². The van der Waals surface area contributed by atoms with Gasteiger partial charge in [-0.2, -0.15) is 0 Å². The summed E-state index contributed by atoms with van der Waals surface area (Å²) in [4.78, 5) is 25.3. The van der Waals surface area contributed by atoms with Crippen LogP contribution in [-0.2, 0) is 9.59 Å². The zero-order valence-corrected chi connectivity index (χ0v) is 13.2. The third-order valence-electron chi connectivity index (χ3n) is 5.30. The standard InChI is InChI=1S/C16H28N2O3/c1-11-6-5-7-13(12(11)2)17-15(19)10-18-9-4-3-8-14(18)16(20)21/h11-14H,3-10H2,1-2H3,(H,17,19)(H,20,21). The zero-order chi connectivity index (χ0) is 15.4. The van der Waals surface area contributed by atoms with E-state index in [1.54, 1.807) is 0 Å². The number of aliphatic carboxylic acids is 1. The third-order valence-corrected chi connectivity index (χ3v) is 5.30. The molecule has 5 heteroatoms. The molecule has 0 aromatic heterocycles. The van der Waals surface area contributed by atoms with E-state index in [1.165, 1.54) is 6.42 Å². The van der Waals surface area contributed by atoms with Gasteiger partial charge in [0.25, 0.3) is 0 Å². The molecule has 1 saturated heterocycles. The van der Waals surface area contributed by atoms with E-state index in [9.17, 15) is 14.7 Å². The molecule has 1 amide bonds. The Morgan fingerprint density at radius 2 is 1.90 bits per heavy atom. The molecule has 0 bridgehead atoms. The molecular formula is C16H28N2O3. The summed E-state index contributed by atoms with van der Waals surface area (Å²) >= 11 is 0. The third kappa shape index (κ3) is 4.19. The highest BCUT2D eigenvalue weighted by Gasteiger charge is 2.32. The molecule has 5 nitrogen and oxygen atoms in total. The maximum Gasteiger partial charge on any atom is 0.320 e. The van der Waals surface area contributed by atoms with Crippen LogP contribution >= 0.6 is 0 Å². The number of piperidine rings is 1. The van der Waals surface area contributed by atoms with Crippen LogP contribution in [0.25, 0.3) is 0 Å². The minimum Gasteiger partial charge on any atom is -0.480 e. The molecule has 4 atom stereocenters. The van der Waals surface area contributed by atoms with Crippen molar-refractivity contribution in [1.82, 2.24) is 10.2 Å². The first kappa shape index (κ1) is 16.3. The predicted octanol–water partition coefficient (Wildman–Crippen LogP) is 1.87. The first-order chi connectivity index (χ1) is 9.99. The lowest BCUT2D eigenvalue weighted by Gasteiger charge is -2.36. The van der Waals surface area contributed by atoms with Crippen LogP contribution in [-0.4, -0.2) is 47.1 Å². The molecule has 2 N–H and O–H groups in total. The molecule has 2 fully saturated rings. The van der Waals surface area contributed by atoms with Gasteiger partial charge in [0.15, 0.2) is 0 Å². The van der Waals surface area contributed by atoms with Crippen molar-refractivity contribution in [2.24, 2.45) is 11.8 Å². The van der Waals surface area contributed by atoms with Gasteiger partial charge in [-0.25, -0.2) is 0 Å². The second kappa shape index (κ2) is 7.25. The summed E-state index contributed by atoms with van der Waals surface area (Å²) < 4.78 is 0. The topological polar surface area (TPSA) is 69.6 Å². The first-order valence-corrected chi connectivity index (χ1v) is 8.25. The first-order valence-electron chi connectivity index (χ1n) is 8.25. The second-order valence-electron chi connectivity index (χ2n) is 6.76. The highest BCUT2D eigenvalue weighted by atomic mass is 16.4. The second-order valence-corrected chi connectivity index (χ2v) is 6.76. The lowest BCUT2D eigenvalue weighted by molar-refractivity contribution is -0.145. The van der Waals surface area contributed by atoms with Crippen LogP contribution < -0.4 is 5.32 Å². The molecule has 1 aliphatic heterocycles. The number of nitrogens with zero attached hydrogens (tertiary/aromatic N) is 1. The number of likely N-dealkylation sites (tertiary alicyclic amines) is 1. The van der Waals surface area contributed by atoms with Gasteiger partial charge in [0.1, 0.15) is 6.04 Å². The molecule has 2 aliphatic rings. The van der Waals surface area contributed by atoms with Crippen LogP contribution in [0.15, 0.2) is 0 Å². The van der Waals surface area contributed by atoms with Crippen molar-refractivity contribution in [2.75, 3.05) is 13.1 Å². The van der Waals surface area contributed by atoms with Gasteiger partial charge in [-0.3, -0.25) is 14.5 Å². The maximum absolute atomic E-state index is 12.3. The summed E-state index contributed by atoms with van der Waals surface area (Å²) in [7, 11) is 0. The Morgan fingerprint density at radius 3 is 2.62 bits per heavy atom. The highest BCUT2D eigenvalue weighted by Crippen LogP contribution is 2.29. The van der Waals surface area contributed by atoms with E-state index < -0.39 is 12.0 Å². The minimum absolute atomic E-state index is 0.0194. The SMILES string of the molecule is CC1CCCC(NC(=O)CN2CCCCC2C(=O)O)C1C. The van der Waals surface area contributed by atoms with E-state index in [0.29, 0.717) is 24.8 Å². The van der Waals surface area contributed by atoms with E-state index in [-0.39, 0.29) is 18.5 Å². The van der Waals surface area contributed by atoms with Crippen molar-refractivity contribution in [3.63, 3.8) is 0 Å². The molecule has 4 unspecified atom stereocenters. The van der Waals surface area contributed by atoms with Crippen LogP contribution in [0.3, 0.4) is 0 Å². The van der Waals surface area contributed by atoms with Gasteiger partial charge in [0, 0.05) is 6.04 Å². The average Bonchev–Trinajstić information content (AvgIpc) is 2.44. The van der Waals surface area contributed by atoms with Crippen LogP contribution in [0.4, 0.5) is 0 Å². The van der Waals surface area contributed by atoms with E-state index in [0.717, 1.165) is 25.7 Å². The summed E-state index contributed by atoms with van der Waals surface area (Å²) in [5.74, 6) is 0.321. The van der Waals surface area contributed by atoms with Gasteiger partial charge in [0.2, 0.25) is 5.91 Å². The van der Waals surface area contributed by atoms with Gasteiger partial charge >= 0.3 is 5.97 Å². The number of carbonyl (C=O) groups is 2. The van der Waals surface area contributed by atoms with Gasteiger partial charge < -0.3 is 10.4 Å². The number of carboxylic acid groups (broad SMARTS) is 1. The molecule has 1 aliphatic carbocycles. The Morgan fingerprint density at radius 1 is 1.14 bits per heavy atom. The summed E-state index contributed by atoms with van der Waals surface area (Å²) in [6, 6.07) is -0.249. The normalized spacial score (nSPS) is 34.4. The Labute approximate surface area is 127 Å². The number of nitrogens with one attached hydrogen (secondary N) is 1. The number of carboxylic acids is 1. The maximum atomic E-state index is 12.3. The number of hydrogen-bond donors (Lipinski definition) is 2. The Kier molecular flexibility index (Phi) is 5.62. The smallest absolute Gasteiger partial charge is 0.320 e. The van der Waals surface area contributed by atoms with Crippen LogP contribution in [0.2, 0.25) is 0 Å². The number of rotatable bonds is 4. The molecule has 0 aromatic rings. The van der Waals surface area contributed by atoms with Gasteiger partial charge in [0.05, 0.1) is 6.54 Å². The predicted molar refractivity (Wildman–Crippen MR) is 81.0 cm³/mol. The lowest BCUT2D eigenvalue weighted by Crippen LogP contribution is -2.52. The fourth-order valence-electron chi connectivity index (χ4n) is 3.68. The number of carbonyl (C=O) groups excluding carboxylic acids is 1. The quantitative estimate of drug-likeness (QED) is 0.831. The molecule has 1 saturated carbocycles. The molecule has 0 aromatic carbocycles. The van der Waals surface area contributed by atoms with E-state index >= 15 is 0 Å². The number of amides is 1. The molecule has 21 heavy (non-hydrogen) atoms.